The Kier molecular flexibility index (Phi) is 4.75. The van der Waals surface area contributed by atoms with Crippen LogP contribution in [0.25, 0.3) is 10.1 Å². The second-order valence-electron chi connectivity index (χ2n) is 6.42. The fourth-order valence-electron chi connectivity index (χ4n) is 3.35. The number of halogens is 1. The zero-order valence-electron chi connectivity index (χ0n) is 13.7. The summed E-state index contributed by atoms with van der Waals surface area (Å²) in [6.45, 7) is 2.81. The number of carbonyl (C=O) groups is 1. The molecule has 5 heteroatoms. The molecule has 25 heavy (non-hydrogen) atoms. The van der Waals surface area contributed by atoms with E-state index in [1.807, 2.05) is 30.3 Å². The molecule has 4 rings (SSSR count). The lowest BCUT2D eigenvalue weighted by Crippen LogP contribution is -2.36. The van der Waals surface area contributed by atoms with Crippen LogP contribution in [-0.4, -0.2) is 29.9 Å². The van der Waals surface area contributed by atoms with E-state index in [1.54, 1.807) is 0 Å². The average Bonchev–Trinajstić information content (AvgIpc) is 3.20. The van der Waals surface area contributed by atoms with E-state index in [2.05, 4.69) is 34.5 Å². The minimum absolute atomic E-state index is 0.0576. The molecular weight excluding hydrogens is 352 g/mol. The minimum Gasteiger partial charge on any atom is -0.347 e. The molecule has 128 valence electrons. The molecule has 1 atom stereocenters. The summed E-state index contributed by atoms with van der Waals surface area (Å²) in [5.74, 6) is -0.0576. The van der Waals surface area contributed by atoms with E-state index in [4.69, 9.17) is 11.6 Å². The average molecular weight is 371 g/mol. The van der Waals surface area contributed by atoms with Gasteiger partial charge in [-0.2, -0.15) is 0 Å². The van der Waals surface area contributed by atoms with E-state index in [0.29, 0.717) is 9.90 Å². The van der Waals surface area contributed by atoms with E-state index < -0.39 is 0 Å². The highest BCUT2D eigenvalue weighted by atomic mass is 35.5. The fraction of sp³-hybridized carbons (Fsp3) is 0.250. The Morgan fingerprint density at radius 3 is 2.72 bits per heavy atom. The van der Waals surface area contributed by atoms with E-state index >= 15 is 0 Å². The Morgan fingerprint density at radius 1 is 1.16 bits per heavy atom. The van der Waals surface area contributed by atoms with E-state index in [9.17, 15) is 4.79 Å². The number of carbonyl (C=O) groups excluding carboxylic acids is 1. The Labute approximate surface area is 156 Å². The molecule has 3 nitrogen and oxygen atoms in total. The van der Waals surface area contributed by atoms with Gasteiger partial charge in [-0.3, -0.25) is 9.69 Å². The maximum Gasteiger partial charge on any atom is 0.263 e. The van der Waals surface area contributed by atoms with Crippen LogP contribution in [-0.2, 0) is 6.54 Å². The van der Waals surface area contributed by atoms with Crippen LogP contribution in [0.3, 0.4) is 0 Å². The smallest absolute Gasteiger partial charge is 0.263 e. The monoisotopic (exact) mass is 370 g/mol. The zero-order chi connectivity index (χ0) is 17.2. The number of thiophene rings is 1. The lowest BCUT2D eigenvalue weighted by Gasteiger charge is -2.16. The maximum absolute atomic E-state index is 12.7. The highest BCUT2D eigenvalue weighted by Gasteiger charge is 2.26. The van der Waals surface area contributed by atoms with Crippen LogP contribution >= 0.6 is 22.9 Å². The van der Waals surface area contributed by atoms with Gasteiger partial charge in [0, 0.05) is 35.8 Å². The van der Waals surface area contributed by atoms with E-state index in [-0.39, 0.29) is 11.9 Å². The Balaban J connectivity index is 1.40. The normalized spacial score (nSPS) is 17.9. The van der Waals surface area contributed by atoms with Crippen molar-refractivity contribution in [3.05, 3.63) is 70.1 Å². The standard InChI is InChI=1S/C20H19ClN2OS/c21-18-16-8-4-5-9-17(16)25-19(18)20(24)22-15-10-11-23(13-15)12-14-6-2-1-3-7-14/h1-9,15H,10-13H2,(H,22,24)/t15-/m0/s1. The molecule has 0 aliphatic carbocycles. The molecule has 1 aliphatic rings. The molecule has 1 aliphatic heterocycles. The van der Waals surface area contributed by atoms with Gasteiger partial charge in [0.05, 0.1) is 5.02 Å². The van der Waals surface area contributed by atoms with Gasteiger partial charge in [-0.15, -0.1) is 11.3 Å². The second-order valence-corrected chi connectivity index (χ2v) is 7.85. The molecule has 2 aromatic carbocycles. The maximum atomic E-state index is 12.7. The molecule has 1 aromatic heterocycles. The van der Waals surface area contributed by atoms with Gasteiger partial charge in [0.2, 0.25) is 0 Å². The van der Waals surface area contributed by atoms with Crippen molar-refractivity contribution >= 4 is 38.9 Å². The Morgan fingerprint density at radius 2 is 1.92 bits per heavy atom. The van der Waals surface area contributed by atoms with Crippen LogP contribution in [0.4, 0.5) is 0 Å². The van der Waals surface area contributed by atoms with Crippen LogP contribution in [0.15, 0.2) is 54.6 Å². The lowest BCUT2D eigenvalue weighted by atomic mass is 10.2. The molecule has 1 saturated heterocycles. The highest BCUT2D eigenvalue weighted by molar-refractivity contribution is 7.21. The summed E-state index contributed by atoms with van der Waals surface area (Å²) in [6.07, 6.45) is 0.973. The van der Waals surface area contributed by atoms with Crippen LogP contribution in [0.2, 0.25) is 5.02 Å². The van der Waals surface area contributed by atoms with Crippen LogP contribution < -0.4 is 5.32 Å². The molecule has 0 saturated carbocycles. The van der Waals surface area contributed by atoms with Crippen LogP contribution in [0.1, 0.15) is 21.7 Å². The van der Waals surface area contributed by atoms with Gasteiger partial charge in [0.1, 0.15) is 4.88 Å². The van der Waals surface area contributed by atoms with Crippen molar-refractivity contribution in [2.45, 2.75) is 19.0 Å². The first-order valence-electron chi connectivity index (χ1n) is 8.45. The van der Waals surface area contributed by atoms with Gasteiger partial charge in [-0.1, -0.05) is 60.1 Å². The summed E-state index contributed by atoms with van der Waals surface area (Å²) >= 11 is 7.87. The first kappa shape index (κ1) is 16.6. The third-order valence-corrected chi connectivity index (χ3v) is 6.27. The summed E-state index contributed by atoms with van der Waals surface area (Å²) < 4.78 is 1.05. The quantitative estimate of drug-likeness (QED) is 0.730. The summed E-state index contributed by atoms with van der Waals surface area (Å²) in [6, 6.07) is 18.5. The predicted octanol–water partition coefficient (Wildman–Crippen LogP) is 4.56. The first-order chi connectivity index (χ1) is 12.2. The molecule has 0 spiro atoms. The van der Waals surface area contributed by atoms with Gasteiger partial charge in [0.15, 0.2) is 0 Å². The molecular formula is C20H19ClN2OS. The third-order valence-electron chi connectivity index (χ3n) is 4.60. The van der Waals surface area contributed by atoms with Crippen LogP contribution in [0, 0.1) is 0 Å². The molecule has 2 heterocycles. The van der Waals surface area contributed by atoms with Crippen molar-refractivity contribution in [1.29, 1.82) is 0 Å². The number of rotatable bonds is 4. The minimum atomic E-state index is -0.0576. The molecule has 0 bridgehead atoms. The largest absolute Gasteiger partial charge is 0.347 e. The fourth-order valence-corrected chi connectivity index (χ4v) is 4.77. The van der Waals surface area contributed by atoms with E-state index in [0.717, 1.165) is 36.1 Å². The topological polar surface area (TPSA) is 32.3 Å². The SMILES string of the molecule is O=C(N[C@H]1CCN(Cc2ccccc2)C1)c1sc2ccccc2c1Cl. The summed E-state index contributed by atoms with van der Waals surface area (Å²) in [5.41, 5.74) is 1.31. The number of nitrogens with zero attached hydrogens (tertiary/aromatic N) is 1. The van der Waals surface area contributed by atoms with Gasteiger partial charge in [0.25, 0.3) is 5.91 Å². The van der Waals surface area contributed by atoms with Crippen molar-refractivity contribution in [3.63, 3.8) is 0 Å². The lowest BCUT2D eigenvalue weighted by molar-refractivity contribution is 0.0942. The number of amides is 1. The second kappa shape index (κ2) is 7.16. The Hall–Kier alpha value is -1.88. The van der Waals surface area contributed by atoms with Crippen LogP contribution in [0.5, 0.6) is 0 Å². The molecule has 3 aromatic rings. The molecule has 1 fully saturated rings. The molecule has 1 amide bonds. The molecule has 1 N–H and O–H groups in total. The molecule has 0 unspecified atom stereocenters. The van der Waals surface area contributed by atoms with Crippen molar-refractivity contribution < 1.29 is 4.79 Å². The third kappa shape index (κ3) is 3.56. The number of fused-ring (bicyclic) bond motifs is 1. The number of hydrogen-bond donors (Lipinski definition) is 1. The van der Waals surface area contributed by atoms with Crippen molar-refractivity contribution in [3.8, 4) is 0 Å². The van der Waals surface area contributed by atoms with Gasteiger partial charge < -0.3 is 5.32 Å². The number of nitrogens with one attached hydrogen (secondary N) is 1. The summed E-state index contributed by atoms with van der Waals surface area (Å²) in [4.78, 5) is 15.6. The van der Waals surface area contributed by atoms with Crippen molar-refractivity contribution in [1.82, 2.24) is 10.2 Å². The number of benzene rings is 2. The van der Waals surface area contributed by atoms with Gasteiger partial charge in [-0.25, -0.2) is 0 Å². The number of likely N-dealkylation sites (tertiary alicyclic amines) is 1. The van der Waals surface area contributed by atoms with E-state index in [1.165, 1.54) is 16.9 Å². The molecule has 0 radical (unpaired) electrons. The summed E-state index contributed by atoms with van der Waals surface area (Å²) in [7, 11) is 0. The predicted molar refractivity (Wildman–Crippen MR) is 104 cm³/mol. The van der Waals surface area contributed by atoms with Crippen molar-refractivity contribution in [2.24, 2.45) is 0 Å². The zero-order valence-corrected chi connectivity index (χ0v) is 15.3. The Bertz CT molecular complexity index is 893. The van der Waals surface area contributed by atoms with Gasteiger partial charge >= 0.3 is 0 Å². The summed E-state index contributed by atoms with van der Waals surface area (Å²) in [5, 5.41) is 4.68. The first-order valence-corrected chi connectivity index (χ1v) is 9.64. The highest BCUT2D eigenvalue weighted by Crippen LogP contribution is 2.35. The van der Waals surface area contributed by atoms with Crippen molar-refractivity contribution in [2.75, 3.05) is 13.1 Å². The number of hydrogen-bond acceptors (Lipinski definition) is 3. The van der Waals surface area contributed by atoms with Gasteiger partial charge in [-0.05, 0) is 18.1 Å².